The fourth-order valence-electron chi connectivity index (χ4n) is 4.22. The summed E-state index contributed by atoms with van der Waals surface area (Å²) in [4.78, 5) is 4.61. The van der Waals surface area contributed by atoms with Gasteiger partial charge in [0, 0.05) is 25.1 Å². The molecule has 124 valence electrons. The fourth-order valence-corrected chi connectivity index (χ4v) is 4.22. The van der Waals surface area contributed by atoms with Gasteiger partial charge in [-0.05, 0) is 71.0 Å². The second-order valence-electron chi connectivity index (χ2n) is 7.33. The summed E-state index contributed by atoms with van der Waals surface area (Å²) < 4.78 is 0. The van der Waals surface area contributed by atoms with Crippen molar-refractivity contribution in [3.63, 3.8) is 0 Å². The monoisotopic (exact) mass is 326 g/mol. The van der Waals surface area contributed by atoms with E-state index in [1.54, 1.807) is 0 Å². The third-order valence-corrected chi connectivity index (χ3v) is 5.80. The molecule has 0 fully saturated rings. The van der Waals surface area contributed by atoms with E-state index in [1.165, 1.54) is 44.3 Å². The van der Waals surface area contributed by atoms with Crippen LogP contribution in [0.1, 0.15) is 23.6 Å². The van der Waals surface area contributed by atoms with Gasteiger partial charge in [-0.2, -0.15) is 0 Å². The summed E-state index contributed by atoms with van der Waals surface area (Å²) in [6, 6.07) is 18.2. The highest BCUT2D eigenvalue weighted by Gasteiger charge is 2.25. The van der Waals surface area contributed by atoms with Crippen LogP contribution < -0.4 is 4.90 Å². The molecule has 3 aromatic rings. The molecule has 5 rings (SSSR count). The molecule has 0 radical (unpaired) electrons. The van der Waals surface area contributed by atoms with Gasteiger partial charge in [0.05, 0.1) is 0 Å². The maximum absolute atomic E-state index is 2.39. The Hall–Kier alpha value is -2.74. The van der Waals surface area contributed by atoms with E-state index in [0.717, 1.165) is 6.42 Å². The molecule has 2 aliphatic rings. The number of rotatable bonds is 1. The second-order valence-corrected chi connectivity index (χ2v) is 7.33. The molecule has 1 aliphatic carbocycles. The van der Waals surface area contributed by atoms with Crippen LogP contribution in [0.4, 0.5) is 5.69 Å². The van der Waals surface area contributed by atoms with E-state index >= 15 is 0 Å². The summed E-state index contributed by atoms with van der Waals surface area (Å²) in [5.74, 6) is 0. The van der Waals surface area contributed by atoms with Gasteiger partial charge in [0.2, 0.25) is 0 Å². The smallest absolute Gasteiger partial charge is 0.102 e. The Kier molecular flexibility index (Phi) is 2.99. The van der Waals surface area contributed by atoms with Crippen LogP contribution in [0.5, 0.6) is 0 Å². The topological polar surface area (TPSA) is 6.48 Å². The molecule has 0 saturated heterocycles. The Labute approximate surface area is 149 Å². The van der Waals surface area contributed by atoms with Crippen molar-refractivity contribution in [1.29, 1.82) is 0 Å². The molecule has 25 heavy (non-hydrogen) atoms. The summed E-state index contributed by atoms with van der Waals surface area (Å²) in [5, 5.41) is 2.66. The van der Waals surface area contributed by atoms with Gasteiger partial charge in [-0.3, -0.25) is 0 Å². The lowest BCUT2D eigenvalue weighted by molar-refractivity contribution is 0.383. The molecule has 0 N–H and O–H groups in total. The van der Waals surface area contributed by atoms with Crippen LogP contribution in [-0.4, -0.2) is 18.1 Å². The predicted octanol–water partition coefficient (Wildman–Crippen LogP) is 5.29. The zero-order chi connectivity index (χ0) is 17.1. The minimum absolute atomic E-state index is 0.356. The normalized spacial score (nSPS) is 18.1. The molecule has 1 aliphatic heterocycles. The molecule has 2 heteroatoms. The number of fused-ring (bicyclic) bond motifs is 4. The Morgan fingerprint density at radius 2 is 1.56 bits per heavy atom. The van der Waals surface area contributed by atoms with Crippen molar-refractivity contribution < 1.29 is 0 Å². The highest BCUT2D eigenvalue weighted by molar-refractivity contribution is 5.92. The molecule has 0 aromatic heterocycles. The molecular formula is C23H22N2. The van der Waals surface area contributed by atoms with Crippen molar-refractivity contribution in [3.05, 3.63) is 77.6 Å². The summed E-state index contributed by atoms with van der Waals surface area (Å²) >= 11 is 0. The molecular weight excluding hydrogens is 304 g/mol. The van der Waals surface area contributed by atoms with Gasteiger partial charge >= 0.3 is 0 Å². The van der Waals surface area contributed by atoms with Crippen molar-refractivity contribution in [1.82, 2.24) is 4.90 Å². The Morgan fingerprint density at radius 3 is 2.28 bits per heavy atom. The maximum Gasteiger partial charge on any atom is 0.102 e. The molecule has 2 nitrogen and oxygen atoms in total. The minimum Gasteiger partial charge on any atom is -0.359 e. The van der Waals surface area contributed by atoms with E-state index in [-0.39, 0.29) is 0 Å². The zero-order valence-electron chi connectivity index (χ0n) is 15.0. The average Bonchev–Trinajstić information content (AvgIpc) is 3.12. The van der Waals surface area contributed by atoms with Crippen molar-refractivity contribution in [3.8, 4) is 11.1 Å². The van der Waals surface area contributed by atoms with E-state index in [0.29, 0.717) is 6.17 Å². The lowest BCUT2D eigenvalue weighted by Crippen LogP contribution is -2.33. The van der Waals surface area contributed by atoms with Gasteiger partial charge in [-0.15, -0.1) is 0 Å². The lowest BCUT2D eigenvalue weighted by Gasteiger charge is -2.29. The highest BCUT2D eigenvalue weighted by atomic mass is 15.4. The van der Waals surface area contributed by atoms with Gasteiger partial charge < -0.3 is 9.80 Å². The SMILES string of the molecule is Cc1cc2c(cc1N1C=CN(C)[C@@H]1C)-c1cc3ccccc3cc1C2. The first-order valence-corrected chi connectivity index (χ1v) is 8.96. The molecule has 0 spiro atoms. The van der Waals surface area contributed by atoms with Crippen molar-refractivity contribution in [2.75, 3.05) is 11.9 Å². The fraction of sp³-hybridized carbons (Fsp3) is 0.217. The Bertz CT molecular complexity index is 1030. The summed E-state index contributed by atoms with van der Waals surface area (Å²) in [6.45, 7) is 4.47. The third-order valence-electron chi connectivity index (χ3n) is 5.80. The maximum atomic E-state index is 2.39. The molecule has 3 aromatic carbocycles. The van der Waals surface area contributed by atoms with Crippen molar-refractivity contribution >= 4 is 16.5 Å². The van der Waals surface area contributed by atoms with Crippen molar-refractivity contribution in [2.45, 2.75) is 26.4 Å². The van der Waals surface area contributed by atoms with Crippen molar-refractivity contribution in [2.24, 2.45) is 0 Å². The largest absolute Gasteiger partial charge is 0.359 e. The quantitative estimate of drug-likeness (QED) is 0.469. The molecule has 0 bridgehead atoms. The standard InChI is InChI=1S/C23H22N2/c1-15-10-19-12-20-11-17-6-4-5-7-18(17)13-21(20)22(19)14-23(15)25-9-8-24(3)16(25)2/h4-11,13-14,16H,12H2,1-3H3/t16-/m0/s1. The van der Waals surface area contributed by atoms with E-state index in [1.807, 2.05) is 0 Å². The second kappa shape index (κ2) is 5.13. The number of nitrogens with zero attached hydrogens (tertiary/aromatic N) is 2. The van der Waals surface area contributed by atoms with Crippen LogP contribution >= 0.6 is 0 Å². The number of hydrogen-bond acceptors (Lipinski definition) is 2. The number of hydrogen-bond donors (Lipinski definition) is 0. The molecule has 0 amide bonds. The van der Waals surface area contributed by atoms with Crippen LogP contribution in [-0.2, 0) is 6.42 Å². The Morgan fingerprint density at radius 1 is 0.880 bits per heavy atom. The number of anilines is 1. The molecule has 0 saturated carbocycles. The molecule has 0 unspecified atom stereocenters. The zero-order valence-corrected chi connectivity index (χ0v) is 15.0. The first-order valence-electron chi connectivity index (χ1n) is 8.96. The van der Waals surface area contributed by atoms with Crippen LogP contribution in [0.25, 0.3) is 21.9 Å². The number of benzene rings is 3. The lowest BCUT2D eigenvalue weighted by atomic mass is 9.99. The van der Waals surface area contributed by atoms with Crippen LogP contribution in [0.15, 0.2) is 60.9 Å². The Balaban J connectivity index is 1.68. The first kappa shape index (κ1) is 14.6. The molecule has 1 heterocycles. The van der Waals surface area contributed by atoms with Gasteiger partial charge in [-0.1, -0.05) is 36.4 Å². The van der Waals surface area contributed by atoms with Crippen LogP contribution in [0.3, 0.4) is 0 Å². The average molecular weight is 326 g/mol. The minimum atomic E-state index is 0.356. The van der Waals surface area contributed by atoms with Crippen LogP contribution in [0.2, 0.25) is 0 Å². The highest BCUT2D eigenvalue weighted by Crippen LogP contribution is 2.42. The van der Waals surface area contributed by atoms with Gasteiger partial charge in [0.25, 0.3) is 0 Å². The van der Waals surface area contributed by atoms with Crippen LogP contribution in [0, 0.1) is 6.92 Å². The van der Waals surface area contributed by atoms with E-state index < -0.39 is 0 Å². The number of aryl methyl sites for hydroxylation is 1. The van der Waals surface area contributed by atoms with Gasteiger partial charge in [0.15, 0.2) is 0 Å². The van der Waals surface area contributed by atoms with Gasteiger partial charge in [-0.25, -0.2) is 0 Å². The third kappa shape index (κ3) is 2.10. The summed E-state index contributed by atoms with van der Waals surface area (Å²) in [5.41, 5.74) is 8.37. The summed E-state index contributed by atoms with van der Waals surface area (Å²) in [6.07, 6.45) is 5.74. The summed E-state index contributed by atoms with van der Waals surface area (Å²) in [7, 11) is 2.13. The van der Waals surface area contributed by atoms with E-state index in [2.05, 4.69) is 91.6 Å². The first-order chi connectivity index (χ1) is 12.1. The van der Waals surface area contributed by atoms with E-state index in [4.69, 9.17) is 0 Å². The predicted molar refractivity (Wildman–Crippen MR) is 106 cm³/mol. The van der Waals surface area contributed by atoms with Gasteiger partial charge in [0.1, 0.15) is 6.17 Å². The molecule has 1 atom stereocenters. The van der Waals surface area contributed by atoms with E-state index in [9.17, 15) is 0 Å².